The van der Waals surface area contributed by atoms with Crippen molar-refractivity contribution in [3.8, 4) is 6.07 Å². The SMILES string of the molecule is C[C@](C#N)(NC(=O)CNc1ccc(F)c(Br)c1)C1CC1. The molecule has 1 fully saturated rings. The van der Waals surface area contributed by atoms with Crippen LogP contribution in [0.3, 0.4) is 0 Å². The van der Waals surface area contributed by atoms with Crippen LogP contribution in [0.15, 0.2) is 22.7 Å². The maximum Gasteiger partial charge on any atom is 0.240 e. The Hall–Kier alpha value is -1.61. The molecule has 20 heavy (non-hydrogen) atoms. The number of nitrogens with zero attached hydrogens (tertiary/aromatic N) is 1. The summed E-state index contributed by atoms with van der Waals surface area (Å²) in [4.78, 5) is 11.9. The summed E-state index contributed by atoms with van der Waals surface area (Å²) < 4.78 is 13.4. The van der Waals surface area contributed by atoms with E-state index in [1.807, 2.05) is 0 Å². The van der Waals surface area contributed by atoms with Crippen molar-refractivity contribution in [1.29, 1.82) is 5.26 Å². The van der Waals surface area contributed by atoms with Gasteiger partial charge >= 0.3 is 0 Å². The summed E-state index contributed by atoms with van der Waals surface area (Å²) in [5.74, 6) is -0.358. The molecule has 0 unspecified atom stereocenters. The van der Waals surface area contributed by atoms with E-state index in [1.54, 1.807) is 19.1 Å². The fraction of sp³-hybridized carbons (Fsp3) is 0.429. The average Bonchev–Trinajstić information content (AvgIpc) is 3.25. The van der Waals surface area contributed by atoms with Gasteiger partial charge in [0.05, 0.1) is 17.1 Å². The third-order valence-corrected chi connectivity index (χ3v) is 4.01. The lowest BCUT2D eigenvalue weighted by Gasteiger charge is -2.23. The summed E-state index contributed by atoms with van der Waals surface area (Å²) in [7, 11) is 0. The van der Waals surface area contributed by atoms with Crippen molar-refractivity contribution in [2.24, 2.45) is 5.92 Å². The number of hydrogen-bond donors (Lipinski definition) is 2. The lowest BCUT2D eigenvalue weighted by molar-refractivity contribution is -0.120. The van der Waals surface area contributed by atoms with E-state index in [2.05, 4.69) is 32.6 Å². The molecule has 106 valence electrons. The molecule has 2 rings (SSSR count). The smallest absolute Gasteiger partial charge is 0.240 e. The Morgan fingerprint density at radius 1 is 1.60 bits per heavy atom. The van der Waals surface area contributed by atoms with Crippen molar-refractivity contribution < 1.29 is 9.18 Å². The molecule has 0 heterocycles. The van der Waals surface area contributed by atoms with Gasteiger partial charge in [-0.25, -0.2) is 4.39 Å². The first kappa shape index (κ1) is 14.8. The van der Waals surface area contributed by atoms with Crippen LogP contribution < -0.4 is 10.6 Å². The second kappa shape index (κ2) is 5.80. The van der Waals surface area contributed by atoms with Crippen LogP contribution in [0.2, 0.25) is 0 Å². The van der Waals surface area contributed by atoms with E-state index < -0.39 is 5.54 Å². The van der Waals surface area contributed by atoms with Crippen molar-refractivity contribution in [2.75, 3.05) is 11.9 Å². The Labute approximate surface area is 125 Å². The van der Waals surface area contributed by atoms with E-state index in [1.165, 1.54) is 6.07 Å². The van der Waals surface area contributed by atoms with Crippen LogP contribution in [0.25, 0.3) is 0 Å². The lowest BCUT2D eigenvalue weighted by atomic mass is 9.98. The quantitative estimate of drug-likeness (QED) is 0.866. The maximum absolute atomic E-state index is 13.1. The Morgan fingerprint density at radius 2 is 2.30 bits per heavy atom. The van der Waals surface area contributed by atoms with E-state index in [0.717, 1.165) is 12.8 Å². The molecular formula is C14H15BrFN3O. The number of rotatable bonds is 5. The first-order chi connectivity index (χ1) is 9.44. The fourth-order valence-corrected chi connectivity index (χ4v) is 2.38. The molecule has 0 bridgehead atoms. The number of halogens is 2. The second-order valence-corrected chi connectivity index (χ2v) is 5.97. The molecule has 0 spiro atoms. The first-order valence-electron chi connectivity index (χ1n) is 6.36. The van der Waals surface area contributed by atoms with Gasteiger partial charge in [-0.15, -0.1) is 0 Å². The molecule has 0 aliphatic heterocycles. The minimum absolute atomic E-state index is 0.0437. The van der Waals surface area contributed by atoms with Crippen molar-refractivity contribution in [3.63, 3.8) is 0 Å². The Morgan fingerprint density at radius 3 is 2.85 bits per heavy atom. The highest BCUT2D eigenvalue weighted by atomic mass is 79.9. The van der Waals surface area contributed by atoms with Gasteiger partial charge in [0.25, 0.3) is 0 Å². The van der Waals surface area contributed by atoms with Crippen molar-refractivity contribution >= 4 is 27.5 Å². The number of nitriles is 1. The summed E-state index contributed by atoms with van der Waals surface area (Å²) >= 11 is 3.08. The lowest BCUT2D eigenvalue weighted by Crippen LogP contribution is -2.48. The molecule has 1 amide bonds. The number of anilines is 1. The molecule has 1 aliphatic rings. The highest BCUT2D eigenvalue weighted by Crippen LogP contribution is 2.39. The van der Waals surface area contributed by atoms with Gasteiger partial charge in [-0.2, -0.15) is 5.26 Å². The molecule has 1 atom stereocenters. The number of carbonyl (C=O) groups excluding carboxylic acids is 1. The van der Waals surface area contributed by atoms with Gasteiger partial charge in [0.2, 0.25) is 5.91 Å². The van der Waals surface area contributed by atoms with Gasteiger partial charge < -0.3 is 10.6 Å². The van der Waals surface area contributed by atoms with E-state index in [-0.39, 0.29) is 24.2 Å². The van der Waals surface area contributed by atoms with Crippen LogP contribution >= 0.6 is 15.9 Å². The largest absolute Gasteiger partial charge is 0.376 e. The molecule has 1 aliphatic carbocycles. The first-order valence-corrected chi connectivity index (χ1v) is 7.15. The summed E-state index contributed by atoms with van der Waals surface area (Å²) in [5.41, 5.74) is -0.152. The standard InChI is InChI=1S/C14H15BrFN3O/c1-14(8-17,9-2-3-9)19-13(20)7-18-10-4-5-12(16)11(15)6-10/h4-6,9,18H,2-3,7H2,1H3,(H,19,20)/t14-/m1/s1. The minimum Gasteiger partial charge on any atom is -0.376 e. The molecule has 6 heteroatoms. The third kappa shape index (κ3) is 3.48. The van der Waals surface area contributed by atoms with Crippen LogP contribution in [0, 0.1) is 23.1 Å². The van der Waals surface area contributed by atoms with Crippen LogP contribution in [0.4, 0.5) is 10.1 Å². The zero-order valence-corrected chi connectivity index (χ0v) is 12.6. The molecule has 1 aromatic carbocycles. The Balaban J connectivity index is 1.89. The van der Waals surface area contributed by atoms with Gasteiger partial charge in [-0.3, -0.25) is 4.79 Å². The van der Waals surface area contributed by atoms with E-state index in [9.17, 15) is 9.18 Å². The Bertz CT molecular complexity index is 568. The molecule has 0 aromatic heterocycles. The van der Waals surface area contributed by atoms with E-state index >= 15 is 0 Å². The fourth-order valence-electron chi connectivity index (χ4n) is 2.00. The average molecular weight is 340 g/mol. The monoisotopic (exact) mass is 339 g/mol. The molecule has 4 nitrogen and oxygen atoms in total. The number of nitrogens with one attached hydrogen (secondary N) is 2. The zero-order chi connectivity index (χ0) is 14.8. The van der Waals surface area contributed by atoms with E-state index in [0.29, 0.717) is 10.2 Å². The van der Waals surface area contributed by atoms with Gasteiger partial charge in [0.15, 0.2) is 0 Å². The van der Waals surface area contributed by atoms with Crippen LogP contribution in [0.5, 0.6) is 0 Å². The molecule has 0 saturated heterocycles. The van der Waals surface area contributed by atoms with Crippen LogP contribution in [0.1, 0.15) is 19.8 Å². The minimum atomic E-state index is -0.790. The molecular weight excluding hydrogens is 325 g/mol. The number of hydrogen-bond acceptors (Lipinski definition) is 3. The maximum atomic E-state index is 13.1. The van der Waals surface area contributed by atoms with Crippen molar-refractivity contribution in [3.05, 3.63) is 28.5 Å². The highest BCUT2D eigenvalue weighted by molar-refractivity contribution is 9.10. The van der Waals surface area contributed by atoms with Gasteiger partial charge in [-0.1, -0.05) is 0 Å². The number of amides is 1. The predicted molar refractivity (Wildman–Crippen MR) is 77.5 cm³/mol. The molecule has 2 N–H and O–H groups in total. The summed E-state index contributed by atoms with van der Waals surface area (Å²) in [6, 6.07) is 6.60. The van der Waals surface area contributed by atoms with Gasteiger partial charge in [-0.05, 0) is 59.8 Å². The summed E-state index contributed by atoms with van der Waals surface area (Å²) in [6.07, 6.45) is 1.95. The topological polar surface area (TPSA) is 64.9 Å². The van der Waals surface area contributed by atoms with Crippen LogP contribution in [-0.4, -0.2) is 18.0 Å². The summed E-state index contributed by atoms with van der Waals surface area (Å²) in [5, 5.41) is 14.8. The van der Waals surface area contributed by atoms with Crippen molar-refractivity contribution in [2.45, 2.75) is 25.3 Å². The van der Waals surface area contributed by atoms with Crippen LogP contribution in [-0.2, 0) is 4.79 Å². The van der Waals surface area contributed by atoms with Crippen molar-refractivity contribution in [1.82, 2.24) is 5.32 Å². The highest BCUT2D eigenvalue weighted by Gasteiger charge is 2.42. The third-order valence-electron chi connectivity index (χ3n) is 3.40. The number of benzene rings is 1. The molecule has 1 aromatic rings. The predicted octanol–water partition coefficient (Wildman–Crippen LogP) is 2.81. The van der Waals surface area contributed by atoms with Gasteiger partial charge in [0, 0.05) is 5.69 Å². The van der Waals surface area contributed by atoms with Gasteiger partial charge in [0.1, 0.15) is 11.4 Å². The molecule has 1 saturated carbocycles. The summed E-state index contributed by atoms with van der Waals surface area (Å²) in [6.45, 7) is 1.79. The zero-order valence-electron chi connectivity index (χ0n) is 11.0. The second-order valence-electron chi connectivity index (χ2n) is 5.12. The normalized spacial score (nSPS) is 16.9. The Kier molecular flexibility index (Phi) is 4.29. The molecule has 0 radical (unpaired) electrons. The van der Waals surface area contributed by atoms with E-state index in [4.69, 9.17) is 5.26 Å². The number of carbonyl (C=O) groups is 1.